The zero-order valence-corrected chi connectivity index (χ0v) is 13.6. The summed E-state index contributed by atoms with van der Waals surface area (Å²) in [5.41, 5.74) is 0. The van der Waals surface area contributed by atoms with E-state index in [-0.39, 0.29) is 18.1 Å². The van der Waals surface area contributed by atoms with Crippen LogP contribution in [0, 0.1) is 35.0 Å². The Hall–Kier alpha value is -0.630. The Labute approximate surface area is 133 Å². The fourth-order valence-corrected chi connectivity index (χ4v) is 5.37. The summed E-state index contributed by atoms with van der Waals surface area (Å²) in [5.74, 6) is 0.635. The standard InChI is InChI=1S/C18H29NO3/c1-2-12-11-15-13-5-7-16(20)14(13)6-8-17(15)22-18(12,21)9-3-4-10-19/h12-17,20-21H,2-9,11H2,1H3/t12?,13?,14?,15?,16-,17?,18?/m1/s1. The summed E-state index contributed by atoms with van der Waals surface area (Å²) in [5, 5.41) is 29.9. The highest BCUT2D eigenvalue weighted by molar-refractivity contribution is 5.00. The molecule has 2 aliphatic carbocycles. The summed E-state index contributed by atoms with van der Waals surface area (Å²) in [6.07, 6.45) is 7.71. The van der Waals surface area contributed by atoms with Gasteiger partial charge in [0.2, 0.25) is 0 Å². The maximum absolute atomic E-state index is 11.0. The third kappa shape index (κ3) is 2.79. The van der Waals surface area contributed by atoms with E-state index in [1.165, 1.54) is 0 Å². The molecule has 3 rings (SSSR count). The van der Waals surface area contributed by atoms with Crippen molar-refractivity contribution in [2.24, 2.45) is 23.7 Å². The average Bonchev–Trinajstić information content (AvgIpc) is 2.88. The molecule has 1 heterocycles. The largest absolute Gasteiger partial charge is 0.393 e. The van der Waals surface area contributed by atoms with Crippen molar-refractivity contribution in [3.63, 3.8) is 0 Å². The van der Waals surface area contributed by atoms with Crippen LogP contribution in [0.2, 0.25) is 0 Å². The number of hydrogen-bond acceptors (Lipinski definition) is 4. The van der Waals surface area contributed by atoms with Gasteiger partial charge in [0, 0.05) is 18.8 Å². The molecule has 0 radical (unpaired) electrons. The van der Waals surface area contributed by atoms with Gasteiger partial charge in [0.25, 0.3) is 0 Å². The van der Waals surface area contributed by atoms with Crippen molar-refractivity contribution in [1.82, 2.24) is 0 Å². The van der Waals surface area contributed by atoms with Crippen LogP contribution in [0.3, 0.4) is 0 Å². The molecule has 3 aliphatic rings. The monoisotopic (exact) mass is 307 g/mol. The van der Waals surface area contributed by atoms with Crippen LogP contribution in [0.15, 0.2) is 0 Å². The van der Waals surface area contributed by atoms with Gasteiger partial charge in [0.15, 0.2) is 5.79 Å². The lowest BCUT2D eigenvalue weighted by molar-refractivity contribution is -0.312. The molecule has 4 heteroatoms. The maximum Gasteiger partial charge on any atom is 0.168 e. The summed E-state index contributed by atoms with van der Waals surface area (Å²) >= 11 is 0. The lowest BCUT2D eigenvalue weighted by atomic mass is 9.65. The number of hydrogen-bond donors (Lipinski definition) is 2. The fraction of sp³-hybridized carbons (Fsp3) is 0.944. The van der Waals surface area contributed by atoms with Gasteiger partial charge in [0.1, 0.15) is 0 Å². The predicted molar refractivity (Wildman–Crippen MR) is 82.6 cm³/mol. The van der Waals surface area contributed by atoms with Crippen molar-refractivity contribution >= 4 is 0 Å². The smallest absolute Gasteiger partial charge is 0.168 e. The number of ether oxygens (including phenoxy) is 1. The van der Waals surface area contributed by atoms with Gasteiger partial charge in [0.05, 0.1) is 18.3 Å². The minimum atomic E-state index is -1.04. The van der Waals surface area contributed by atoms with Crippen molar-refractivity contribution in [3.05, 3.63) is 0 Å². The molecule has 2 saturated carbocycles. The van der Waals surface area contributed by atoms with Crippen LogP contribution in [0.4, 0.5) is 0 Å². The molecule has 4 nitrogen and oxygen atoms in total. The lowest BCUT2D eigenvalue weighted by Gasteiger charge is -2.52. The molecule has 0 aromatic carbocycles. The minimum Gasteiger partial charge on any atom is -0.393 e. The fourth-order valence-electron chi connectivity index (χ4n) is 5.37. The summed E-state index contributed by atoms with van der Waals surface area (Å²) in [6, 6.07) is 2.15. The SMILES string of the molecule is CCC1CC2C(CCC3C2CC[C@H]3O)OC1(O)CCCC#N. The van der Waals surface area contributed by atoms with Crippen molar-refractivity contribution in [2.45, 2.75) is 82.7 Å². The van der Waals surface area contributed by atoms with E-state index in [1.807, 2.05) is 0 Å². The molecule has 1 saturated heterocycles. The molecular formula is C18H29NO3. The third-order valence-corrected chi connectivity index (χ3v) is 6.52. The molecule has 3 fully saturated rings. The van der Waals surface area contributed by atoms with E-state index >= 15 is 0 Å². The number of fused-ring (bicyclic) bond motifs is 3. The van der Waals surface area contributed by atoms with Crippen LogP contribution in [0.5, 0.6) is 0 Å². The molecule has 7 atom stereocenters. The number of aliphatic hydroxyl groups is 2. The maximum atomic E-state index is 11.0. The zero-order valence-electron chi connectivity index (χ0n) is 13.6. The molecular weight excluding hydrogens is 278 g/mol. The Bertz CT molecular complexity index is 435. The quantitative estimate of drug-likeness (QED) is 0.783. The van der Waals surface area contributed by atoms with Gasteiger partial charge in [-0.1, -0.05) is 6.92 Å². The second-order valence-electron chi connectivity index (χ2n) is 7.57. The van der Waals surface area contributed by atoms with E-state index < -0.39 is 5.79 Å². The molecule has 0 aromatic heterocycles. The van der Waals surface area contributed by atoms with Gasteiger partial charge in [-0.2, -0.15) is 5.26 Å². The molecule has 0 spiro atoms. The normalized spacial score (nSPS) is 47.5. The van der Waals surface area contributed by atoms with E-state index in [4.69, 9.17) is 10.00 Å². The summed E-state index contributed by atoms with van der Waals surface area (Å²) in [6.45, 7) is 2.12. The van der Waals surface area contributed by atoms with Crippen molar-refractivity contribution in [2.75, 3.05) is 0 Å². The van der Waals surface area contributed by atoms with Crippen molar-refractivity contribution in [1.29, 1.82) is 5.26 Å². The molecule has 2 N–H and O–H groups in total. The third-order valence-electron chi connectivity index (χ3n) is 6.52. The van der Waals surface area contributed by atoms with Gasteiger partial charge in [-0.3, -0.25) is 0 Å². The highest BCUT2D eigenvalue weighted by Crippen LogP contribution is 2.53. The van der Waals surface area contributed by atoms with Crippen LogP contribution in [-0.2, 0) is 4.74 Å². The summed E-state index contributed by atoms with van der Waals surface area (Å²) in [4.78, 5) is 0. The molecule has 0 amide bonds. The number of unbranched alkanes of at least 4 members (excludes halogenated alkanes) is 1. The Kier molecular flexibility index (Phi) is 4.77. The first-order valence-electron chi connectivity index (χ1n) is 9.04. The van der Waals surface area contributed by atoms with E-state index in [9.17, 15) is 10.2 Å². The first kappa shape index (κ1) is 16.2. The molecule has 0 bridgehead atoms. The van der Waals surface area contributed by atoms with Gasteiger partial charge in [-0.15, -0.1) is 0 Å². The van der Waals surface area contributed by atoms with Gasteiger partial charge < -0.3 is 14.9 Å². The highest BCUT2D eigenvalue weighted by atomic mass is 16.6. The second-order valence-corrected chi connectivity index (χ2v) is 7.57. The van der Waals surface area contributed by atoms with Crippen LogP contribution >= 0.6 is 0 Å². The topological polar surface area (TPSA) is 73.5 Å². The minimum absolute atomic E-state index is 0.123. The summed E-state index contributed by atoms with van der Waals surface area (Å²) < 4.78 is 6.24. The van der Waals surface area contributed by atoms with Gasteiger partial charge in [-0.05, 0) is 62.7 Å². The van der Waals surface area contributed by atoms with Crippen LogP contribution in [0.1, 0.15) is 64.7 Å². The summed E-state index contributed by atoms with van der Waals surface area (Å²) in [7, 11) is 0. The van der Waals surface area contributed by atoms with E-state index in [1.54, 1.807) is 0 Å². The predicted octanol–water partition coefficient (Wildman–Crippen LogP) is 2.98. The highest BCUT2D eigenvalue weighted by Gasteiger charge is 2.53. The van der Waals surface area contributed by atoms with E-state index in [0.29, 0.717) is 37.0 Å². The molecule has 1 aliphatic heterocycles. The molecule has 124 valence electrons. The average molecular weight is 307 g/mol. The number of nitrogens with zero attached hydrogens (tertiary/aromatic N) is 1. The van der Waals surface area contributed by atoms with Gasteiger partial charge in [-0.25, -0.2) is 0 Å². The second kappa shape index (κ2) is 6.47. The van der Waals surface area contributed by atoms with Crippen molar-refractivity contribution < 1.29 is 14.9 Å². The molecule has 6 unspecified atom stereocenters. The Morgan fingerprint density at radius 1 is 1.18 bits per heavy atom. The van der Waals surface area contributed by atoms with Crippen molar-refractivity contribution in [3.8, 4) is 6.07 Å². The van der Waals surface area contributed by atoms with E-state index in [2.05, 4.69) is 13.0 Å². The Morgan fingerprint density at radius 3 is 2.68 bits per heavy atom. The number of rotatable bonds is 4. The molecule has 22 heavy (non-hydrogen) atoms. The lowest BCUT2D eigenvalue weighted by Crippen LogP contribution is -2.55. The number of aliphatic hydroxyl groups excluding tert-OH is 1. The van der Waals surface area contributed by atoms with Gasteiger partial charge >= 0.3 is 0 Å². The Morgan fingerprint density at radius 2 is 1.95 bits per heavy atom. The first-order chi connectivity index (χ1) is 10.6. The molecule has 0 aromatic rings. The van der Waals surface area contributed by atoms with E-state index in [0.717, 1.165) is 38.5 Å². The van der Waals surface area contributed by atoms with Crippen LogP contribution in [-0.4, -0.2) is 28.2 Å². The first-order valence-corrected chi connectivity index (χ1v) is 9.04. The zero-order chi connectivity index (χ0) is 15.7. The Balaban J connectivity index is 1.71. The van der Waals surface area contributed by atoms with Crippen LogP contribution < -0.4 is 0 Å². The number of nitriles is 1. The van der Waals surface area contributed by atoms with Crippen LogP contribution in [0.25, 0.3) is 0 Å².